The normalized spacial score (nSPS) is 10.0. The summed E-state index contributed by atoms with van der Waals surface area (Å²) in [5, 5.41) is 16.9. The summed E-state index contributed by atoms with van der Waals surface area (Å²) in [7, 11) is 0. The van der Waals surface area contributed by atoms with Gasteiger partial charge < -0.3 is 0 Å². The van der Waals surface area contributed by atoms with E-state index in [1.54, 1.807) is 36.4 Å². The lowest BCUT2D eigenvalue weighted by Gasteiger charge is -1.96. The van der Waals surface area contributed by atoms with Gasteiger partial charge in [-0.15, -0.1) is 0 Å². The zero-order valence-electron chi connectivity index (χ0n) is 10.1. The molecule has 2 aromatic carbocycles. The van der Waals surface area contributed by atoms with Crippen LogP contribution >= 0.6 is 0 Å². The fourth-order valence-electron chi connectivity index (χ4n) is 1.56. The quantitative estimate of drug-likeness (QED) is 0.585. The first-order valence-electron chi connectivity index (χ1n) is 5.66. The third-order valence-electron chi connectivity index (χ3n) is 2.45. The minimum atomic E-state index is 0.417. The molecule has 0 unspecified atom stereocenters. The van der Waals surface area contributed by atoms with E-state index in [0.717, 1.165) is 5.56 Å². The van der Waals surface area contributed by atoms with Crippen molar-refractivity contribution in [2.24, 2.45) is 10.2 Å². The molecule has 0 radical (unpaired) electrons. The number of nitriles is 1. The third kappa shape index (κ3) is 3.49. The standard InChI is InChI=1S/C15H10N4/c1-17-14-6-3-5-13(9-14)11-18-19-15-7-2-4-12(8-15)10-16/h2-9H,11H2. The van der Waals surface area contributed by atoms with E-state index >= 15 is 0 Å². The average molecular weight is 246 g/mol. The van der Waals surface area contributed by atoms with Crippen molar-refractivity contribution in [3.8, 4) is 6.07 Å². The molecule has 0 aliphatic carbocycles. The van der Waals surface area contributed by atoms with Crippen LogP contribution in [-0.2, 0) is 6.54 Å². The van der Waals surface area contributed by atoms with E-state index in [4.69, 9.17) is 11.8 Å². The van der Waals surface area contributed by atoms with Crippen LogP contribution in [0.3, 0.4) is 0 Å². The summed E-state index contributed by atoms with van der Waals surface area (Å²) < 4.78 is 0. The van der Waals surface area contributed by atoms with Crippen molar-refractivity contribution in [1.29, 1.82) is 5.26 Å². The SMILES string of the molecule is [C-]#[N+]c1cccc(CN=Nc2cccc(C#N)c2)c1. The van der Waals surface area contributed by atoms with Gasteiger partial charge in [0.05, 0.1) is 30.4 Å². The van der Waals surface area contributed by atoms with Gasteiger partial charge in [0.2, 0.25) is 0 Å². The van der Waals surface area contributed by atoms with Crippen molar-refractivity contribution in [3.63, 3.8) is 0 Å². The number of hydrogen-bond acceptors (Lipinski definition) is 3. The molecule has 0 saturated carbocycles. The smallest absolute Gasteiger partial charge is 0.187 e. The maximum Gasteiger partial charge on any atom is 0.187 e. The molecular formula is C15H10N4. The highest BCUT2D eigenvalue weighted by molar-refractivity contribution is 5.46. The van der Waals surface area contributed by atoms with Crippen molar-refractivity contribution >= 4 is 11.4 Å². The van der Waals surface area contributed by atoms with E-state index in [2.05, 4.69) is 21.1 Å². The van der Waals surface area contributed by atoms with Gasteiger partial charge in [-0.3, -0.25) is 0 Å². The molecule has 2 rings (SSSR count). The van der Waals surface area contributed by atoms with Crippen molar-refractivity contribution in [3.05, 3.63) is 71.1 Å². The second-order valence-corrected chi connectivity index (χ2v) is 3.84. The maximum absolute atomic E-state index is 8.77. The highest BCUT2D eigenvalue weighted by Gasteiger charge is 1.95. The lowest BCUT2D eigenvalue weighted by Crippen LogP contribution is -1.78. The van der Waals surface area contributed by atoms with Gasteiger partial charge in [0.1, 0.15) is 0 Å². The molecule has 0 bridgehead atoms. The van der Waals surface area contributed by atoms with Crippen molar-refractivity contribution in [2.45, 2.75) is 6.54 Å². The lowest BCUT2D eigenvalue weighted by molar-refractivity contribution is 0.960. The first-order chi connectivity index (χ1) is 9.31. The number of azo groups is 1. The van der Waals surface area contributed by atoms with Gasteiger partial charge in [-0.25, -0.2) is 4.85 Å². The largest absolute Gasteiger partial charge is 0.238 e. The number of hydrogen-bond donors (Lipinski definition) is 0. The van der Waals surface area contributed by atoms with Crippen LogP contribution in [0.5, 0.6) is 0 Å². The van der Waals surface area contributed by atoms with E-state index in [0.29, 0.717) is 23.5 Å². The molecule has 90 valence electrons. The van der Waals surface area contributed by atoms with E-state index in [1.165, 1.54) is 0 Å². The molecule has 19 heavy (non-hydrogen) atoms. The van der Waals surface area contributed by atoms with Gasteiger partial charge in [0, 0.05) is 0 Å². The number of nitrogens with zero attached hydrogens (tertiary/aromatic N) is 4. The minimum Gasteiger partial charge on any atom is -0.238 e. The van der Waals surface area contributed by atoms with E-state index in [1.807, 2.05) is 12.1 Å². The van der Waals surface area contributed by atoms with E-state index in [-0.39, 0.29) is 0 Å². The van der Waals surface area contributed by atoms with Crippen LogP contribution in [0.25, 0.3) is 4.85 Å². The van der Waals surface area contributed by atoms with Gasteiger partial charge in [-0.2, -0.15) is 15.5 Å². The number of rotatable bonds is 3. The molecule has 0 fully saturated rings. The van der Waals surface area contributed by atoms with Gasteiger partial charge in [-0.1, -0.05) is 30.3 Å². The molecule has 0 N–H and O–H groups in total. The van der Waals surface area contributed by atoms with Crippen LogP contribution in [0, 0.1) is 17.9 Å². The van der Waals surface area contributed by atoms with Crippen LogP contribution in [0.4, 0.5) is 11.4 Å². The Morgan fingerprint density at radius 1 is 1.16 bits per heavy atom. The summed E-state index contributed by atoms with van der Waals surface area (Å²) in [6, 6.07) is 16.3. The van der Waals surface area contributed by atoms with Crippen LogP contribution in [0.15, 0.2) is 58.8 Å². The summed E-state index contributed by atoms with van der Waals surface area (Å²) >= 11 is 0. The van der Waals surface area contributed by atoms with Gasteiger partial charge >= 0.3 is 0 Å². The number of benzene rings is 2. The summed E-state index contributed by atoms with van der Waals surface area (Å²) in [5.41, 5.74) is 2.75. The molecule has 0 saturated heterocycles. The van der Waals surface area contributed by atoms with Crippen LogP contribution < -0.4 is 0 Å². The first kappa shape index (κ1) is 12.5. The molecule has 0 amide bonds. The molecule has 4 heteroatoms. The Morgan fingerprint density at radius 3 is 2.79 bits per heavy atom. The first-order valence-corrected chi connectivity index (χ1v) is 5.66. The average Bonchev–Trinajstić information content (AvgIpc) is 2.48. The van der Waals surface area contributed by atoms with Crippen molar-refractivity contribution < 1.29 is 0 Å². The highest BCUT2D eigenvalue weighted by atomic mass is 15.1. The van der Waals surface area contributed by atoms with Crippen LogP contribution in [0.2, 0.25) is 0 Å². The Balaban J connectivity index is 2.07. The summed E-state index contributed by atoms with van der Waals surface area (Å²) in [6.45, 7) is 7.35. The lowest BCUT2D eigenvalue weighted by atomic mass is 10.2. The van der Waals surface area contributed by atoms with Gasteiger partial charge in [-0.05, 0) is 23.8 Å². The molecule has 4 nitrogen and oxygen atoms in total. The van der Waals surface area contributed by atoms with Gasteiger partial charge in [0.15, 0.2) is 5.69 Å². The molecule has 0 heterocycles. The predicted octanol–water partition coefficient (Wildman–Crippen LogP) is 4.39. The van der Waals surface area contributed by atoms with E-state index < -0.39 is 0 Å². The van der Waals surface area contributed by atoms with E-state index in [9.17, 15) is 0 Å². The molecule has 0 aliphatic rings. The summed E-state index contributed by atoms with van der Waals surface area (Å²) in [5.74, 6) is 0. The minimum absolute atomic E-state index is 0.417. The topological polar surface area (TPSA) is 52.9 Å². The fourth-order valence-corrected chi connectivity index (χ4v) is 1.56. The molecular weight excluding hydrogens is 236 g/mol. The Labute approximate surface area is 111 Å². The van der Waals surface area contributed by atoms with Gasteiger partial charge in [0.25, 0.3) is 0 Å². The molecule has 2 aromatic rings. The summed E-state index contributed by atoms with van der Waals surface area (Å²) in [4.78, 5) is 3.36. The monoisotopic (exact) mass is 246 g/mol. The fraction of sp³-hybridized carbons (Fsp3) is 0.0667. The second kappa shape index (κ2) is 6.09. The molecule has 0 aliphatic heterocycles. The Morgan fingerprint density at radius 2 is 2.00 bits per heavy atom. The highest BCUT2D eigenvalue weighted by Crippen LogP contribution is 2.17. The zero-order valence-corrected chi connectivity index (χ0v) is 10.1. The van der Waals surface area contributed by atoms with Crippen LogP contribution in [0.1, 0.15) is 11.1 Å². The van der Waals surface area contributed by atoms with Crippen molar-refractivity contribution in [2.75, 3.05) is 0 Å². The maximum atomic E-state index is 8.77. The predicted molar refractivity (Wildman–Crippen MR) is 72.1 cm³/mol. The Hall–Kier alpha value is -2.98. The molecule has 0 aromatic heterocycles. The zero-order chi connectivity index (χ0) is 13.5. The van der Waals surface area contributed by atoms with Crippen LogP contribution in [-0.4, -0.2) is 0 Å². The Bertz CT molecular complexity index is 690. The molecule has 0 spiro atoms. The molecule has 0 atom stereocenters. The Kier molecular flexibility index (Phi) is 4.00. The van der Waals surface area contributed by atoms with Crippen molar-refractivity contribution in [1.82, 2.24) is 0 Å². The second-order valence-electron chi connectivity index (χ2n) is 3.84. The third-order valence-corrected chi connectivity index (χ3v) is 2.45. The summed E-state index contributed by atoms with van der Waals surface area (Å²) in [6.07, 6.45) is 0.